The zero-order chi connectivity index (χ0) is 17.7. The van der Waals surface area contributed by atoms with E-state index in [4.69, 9.17) is 9.47 Å². The molecule has 130 valence electrons. The number of halogens is 3. The van der Waals surface area contributed by atoms with E-state index in [9.17, 15) is 18.0 Å². The SMILES string of the molecule is COCCNC(=O)c1cnn(-c2ccc(OC)nn2)c1C(F)(F)F. The fourth-order valence-electron chi connectivity index (χ4n) is 1.86. The van der Waals surface area contributed by atoms with Gasteiger partial charge in [-0.05, 0) is 6.07 Å². The Morgan fingerprint density at radius 1 is 1.29 bits per heavy atom. The molecule has 0 unspecified atom stereocenters. The minimum atomic E-state index is -4.81. The molecule has 0 spiro atoms. The van der Waals surface area contributed by atoms with Crippen LogP contribution in [0.4, 0.5) is 13.2 Å². The van der Waals surface area contributed by atoms with Crippen molar-refractivity contribution in [1.82, 2.24) is 25.3 Å². The van der Waals surface area contributed by atoms with Crippen molar-refractivity contribution >= 4 is 5.91 Å². The quantitative estimate of drug-likeness (QED) is 0.788. The first-order valence-corrected chi connectivity index (χ1v) is 6.69. The Kier molecular flexibility index (Phi) is 5.34. The normalized spacial score (nSPS) is 11.4. The largest absolute Gasteiger partial charge is 0.480 e. The van der Waals surface area contributed by atoms with Crippen molar-refractivity contribution in [3.63, 3.8) is 0 Å². The third-order valence-corrected chi connectivity index (χ3v) is 2.93. The number of hydrogen-bond donors (Lipinski definition) is 1. The Hall–Kier alpha value is -2.69. The molecule has 1 N–H and O–H groups in total. The Bertz CT molecular complexity index is 700. The summed E-state index contributed by atoms with van der Waals surface area (Å²) in [5.41, 5.74) is -1.85. The van der Waals surface area contributed by atoms with Crippen LogP contribution in [0.1, 0.15) is 16.1 Å². The number of ether oxygens (including phenoxy) is 2. The van der Waals surface area contributed by atoms with Gasteiger partial charge in [-0.2, -0.15) is 18.3 Å². The molecule has 1 amide bonds. The van der Waals surface area contributed by atoms with E-state index in [1.807, 2.05) is 0 Å². The molecule has 2 rings (SSSR count). The van der Waals surface area contributed by atoms with E-state index in [0.29, 0.717) is 4.68 Å². The molecule has 0 fully saturated rings. The predicted octanol–water partition coefficient (Wildman–Crippen LogP) is 1.07. The lowest BCUT2D eigenvalue weighted by Crippen LogP contribution is -2.29. The molecule has 2 aromatic rings. The van der Waals surface area contributed by atoms with Crippen molar-refractivity contribution < 1.29 is 27.4 Å². The number of carbonyl (C=O) groups is 1. The highest BCUT2D eigenvalue weighted by Crippen LogP contribution is 2.33. The van der Waals surface area contributed by atoms with E-state index < -0.39 is 23.3 Å². The van der Waals surface area contributed by atoms with Crippen LogP contribution in [-0.2, 0) is 10.9 Å². The molecule has 0 aliphatic rings. The van der Waals surface area contributed by atoms with Gasteiger partial charge in [-0.3, -0.25) is 4.79 Å². The second-order valence-corrected chi connectivity index (χ2v) is 4.50. The average Bonchev–Trinajstić information content (AvgIpc) is 3.00. The van der Waals surface area contributed by atoms with E-state index in [2.05, 4.69) is 20.6 Å². The fourth-order valence-corrected chi connectivity index (χ4v) is 1.86. The van der Waals surface area contributed by atoms with Crippen LogP contribution in [0.2, 0.25) is 0 Å². The van der Waals surface area contributed by atoms with Gasteiger partial charge in [0.2, 0.25) is 5.88 Å². The number of rotatable bonds is 6. The Balaban J connectivity index is 2.40. The van der Waals surface area contributed by atoms with Crippen LogP contribution in [0, 0.1) is 0 Å². The smallest absolute Gasteiger partial charge is 0.434 e. The maximum atomic E-state index is 13.4. The van der Waals surface area contributed by atoms with Gasteiger partial charge >= 0.3 is 6.18 Å². The first kappa shape index (κ1) is 17.7. The second-order valence-electron chi connectivity index (χ2n) is 4.50. The predicted molar refractivity (Wildman–Crippen MR) is 74.9 cm³/mol. The highest BCUT2D eigenvalue weighted by Gasteiger charge is 2.40. The summed E-state index contributed by atoms with van der Waals surface area (Å²) in [5, 5.41) is 13.2. The maximum absolute atomic E-state index is 13.4. The molecule has 0 radical (unpaired) electrons. The summed E-state index contributed by atoms with van der Waals surface area (Å²) in [4.78, 5) is 12.0. The standard InChI is InChI=1S/C13H14F3N5O3/c1-23-6-5-17-12(22)8-7-18-21(11(8)13(14,15)16)9-3-4-10(24-2)20-19-9/h3-4,7H,5-6H2,1-2H3,(H,17,22). The number of alkyl halides is 3. The van der Waals surface area contributed by atoms with Gasteiger partial charge in [-0.1, -0.05) is 0 Å². The molecule has 8 nitrogen and oxygen atoms in total. The summed E-state index contributed by atoms with van der Waals surface area (Å²) in [6.45, 7) is 0.241. The lowest BCUT2D eigenvalue weighted by molar-refractivity contribution is -0.143. The Morgan fingerprint density at radius 2 is 2.04 bits per heavy atom. The van der Waals surface area contributed by atoms with Gasteiger partial charge in [0.1, 0.15) is 0 Å². The van der Waals surface area contributed by atoms with Gasteiger partial charge < -0.3 is 14.8 Å². The topological polar surface area (TPSA) is 91.2 Å². The number of hydrogen-bond acceptors (Lipinski definition) is 6. The number of nitrogens with one attached hydrogen (secondary N) is 1. The van der Waals surface area contributed by atoms with Crippen LogP contribution in [0.3, 0.4) is 0 Å². The molecule has 0 atom stereocenters. The molecule has 2 aromatic heterocycles. The molecule has 0 aliphatic carbocycles. The van der Waals surface area contributed by atoms with Crippen LogP contribution in [0.25, 0.3) is 5.82 Å². The first-order valence-electron chi connectivity index (χ1n) is 6.69. The number of methoxy groups -OCH3 is 2. The van der Waals surface area contributed by atoms with Crippen LogP contribution in [0.5, 0.6) is 5.88 Å². The van der Waals surface area contributed by atoms with E-state index >= 15 is 0 Å². The van der Waals surface area contributed by atoms with Gasteiger partial charge in [-0.25, -0.2) is 4.68 Å². The van der Waals surface area contributed by atoms with Crippen molar-refractivity contribution in [2.75, 3.05) is 27.4 Å². The molecule has 11 heteroatoms. The van der Waals surface area contributed by atoms with Crippen LogP contribution < -0.4 is 10.1 Å². The van der Waals surface area contributed by atoms with Gasteiger partial charge in [0, 0.05) is 19.7 Å². The summed E-state index contributed by atoms with van der Waals surface area (Å²) in [7, 11) is 2.76. The molecular weight excluding hydrogens is 331 g/mol. The molecule has 0 bridgehead atoms. The summed E-state index contributed by atoms with van der Waals surface area (Å²) < 4.78 is 50.2. The minimum absolute atomic E-state index is 0.0696. The van der Waals surface area contributed by atoms with Crippen molar-refractivity contribution in [3.05, 3.63) is 29.6 Å². The van der Waals surface area contributed by atoms with Gasteiger partial charge in [0.05, 0.1) is 25.5 Å². The van der Waals surface area contributed by atoms with Crippen molar-refractivity contribution in [1.29, 1.82) is 0 Å². The van der Waals surface area contributed by atoms with Gasteiger partial charge in [-0.15, -0.1) is 10.2 Å². The van der Waals surface area contributed by atoms with Crippen molar-refractivity contribution in [2.24, 2.45) is 0 Å². The Morgan fingerprint density at radius 3 is 2.58 bits per heavy atom. The summed E-state index contributed by atoms with van der Waals surface area (Å²) in [6, 6.07) is 2.59. The van der Waals surface area contributed by atoms with E-state index in [1.54, 1.807) is 0 Å². The molecule has 0 aliphatic heterocycles. The number of carbonyl (C=O) groups excluding carboxylic acids is 1. The summed E-state index contributed by atoms with van der Waals surface area (Å²) in [6.07, 6.45) is -3.98. The molecule has 0 saturated carbocycles. The van der Waals surface area contributed by atoms with E-state index in [-0.39, 0.29) is 24.8 Å². The van der Waals surface area contributed by atoms with Crippen LogP contribution >= 0.6 is 0 Å². The zero-order valence-electron chi connectivity index (χ0n) is 12.8. The zero-order valence-corrected chi connectivity index (χ0v) is 12.8. The van der Waals surface area contributed by atoms with E-state index in [0.717, 1.165) is 6.20 Å². The highest BCUT2D eigenvalue weighted by molar-refractivity contribution is 5.95. The molecule has 24 heavy (non-hydrogen) atoms. The van der Waals surface area contributed by atoms with Gasteiger partial charge in [0.25, 0.3) is 5.91 Å². The van der Waals surface area contributed by atoms with Gasteiger partial charge in [0.15, 0.2) is 11.5 Å². The first-order chi connectivity index (χ1) is 11.4. The molecule has 0 aromatic carbocycles. The number of amides is 1. The lowest BCUT2D eigenvalue weighted by Gasteiger charge is -2.12. The third-order valence-electron chi connectivity index (χ3n) is 2.93. The van der Waals surface area contributed by atoms with Crippen LogP contribution in [-0.4, -0.2) is 53.3 Å². The third kappa shape index (κ3) is 3.79. The molecule has 0 saturated heterocycles. The number of nitrogens with zero attached hydrogens (tertiary/aromatic N) is 4. The fraction of sp³-hybridized carbons (Fsp3) is 0.385. The lowest BCUT2D eigenvalue weighted by atomic mass is 10.2. The maximum Gasteiger partial charge on any atom is 0.434 e. The van der Waals surface area contributed by atoms with E-state index in [1.165, 1.54) is 26.4 Å². The van der Waals surface area contributed by atoms with Crippen LogP contribution in [0.15, 0.2) is 18.3 Å². The second kappa shape index (κ2) is 7.25. The molecule has 2 heterocycles. The average molecular weight is 345 g/mol. The number of aromatic nitrogens is 4. The Labute approximate surface area is 134 Å². The summed E-state index contributed by atoms with van der Waals surface area (Å²) in [5.74, 6) is -0.969. The minimum Gasteiger partial charge on any atom is -0.480 e. The van der Waals surface area contributed by atoms with Crippen molar-refractivity contribution in [2.45, 2.75) is 6.18 Å². The monoisotopic (exact) mass is 345 g/mol. The summed E-state index contributed by atoms with van der Waals surface area (Å²) >= 11 is 0. The highest BCUT2D eigenvalue weighted by atomic mass is 19.4. The molecular formula is C13H14F3N5O3. The van der Waals surface area contributed by atoms with Crippen molar-refractivity contribution in [3.8, 4) is 11.7 Å².